The van der Waals surface area contributed by atoms with Gasteiger partial charge in [-0.05, 0) is 25.1 Å². The third kappa shape index (κ3) is 5.43. The molecular weight excluding hydrogens is 323 g/mol. The molecule has 8 heteroatoms. The molecule has 1 aromatic carbocycles. The van der Waals surface area contributed by atoms with Crippen molar-refractivity contribution in [3.05, 3.63) is 29.0 Å². The van der Waals surface area contributed by atoms with Crippen molar-refractivity contribution < 1.29 is 27.1 Å². The van der Waals surface area contributed by atoms with Crippen LogP contribution in [0.25, 0.3) is 0 Å². The molecule has 0 heterocycles. The van der Waals surface area contributed by atoms with Crippen molar-refractivity contribution in [3.63, 3.8) is 0 Å². The van der Waals surface area contributed by atoms with Crippen LogP contribution in [0.4, 0.5) is 4.39 Å². The van der Waals surface area contributed by atoms with Gasteiger partial charge in [0.1, 0.15) is 17.4 Å². The molecule has 0 aliphatic rings. The second-order valence-corrected chi connectivity index (χ2v) is 6.58. The summed E-state index contributed by atoms with van der Waals surface area (Å²) in [6.45, 7) is 1.82. The summed E-state index contributed by atoms with van der Waals surface area (Å²) in [7, 11) is -3.91. The second kappa shape index (κ2) is 7.51. The number of hydrogen-bond donors (Lipinski definition) is 0. The summed E-state index contributed by atoms with van der Waals surface area (Å²) in [6.07, 6.45) is -0.403. The minimum absolute atomic E-state index is 0.174. The number of ether oxygens (including phenoxy) is 1. The zero-order valence-corrected chi connectivity index (χ0v) is 12.8. The van der Waals surface area contributed by atoms with E-state index in [0.29, 0.717) is 0 Å². The van der Waals surface area contributed by atoms with Crippen LogP contribution in [0.15, 0.2) is 23.1 Å². The number of halogens is 2. The smallest absolute Gasteiger partial charge is 0.306 e. The Bertz CT molecular complexity index is 642. The predicted molar refractivity (Wildman–Crippen MR) is 74.3 cm³/mol. The summed E-state index contributed by atoms with van der Waals surface area (Å²) >= 11 is 5.51. The first-order valence-electron chi connectivity index (χ1n) is 6.11. The number of esters is 1. The van der Waals surface area contributed by atoms with E-state index in [9.17, 15) is 22.4 Å². The van der Waals surface area contributed by atoms with Crippen molar-refractivity contribution in [2.45, 2.75) is 24.7 Å². The van der Waals surface area contributed by atoms with Gasteiger partial charge in [-0.3, -0.25) is 9.59 Å². The van der Waals surface area contributed by atoms with Crippen LogP contribution in [0.5, 0.6) is 0 Å². The average Bonchev–Trinajstić information content (AvgIpc) is 2.39. The van der Waals surface area contributed by atoms with Crippen molar-refractivity contribution in [2.75, 3.05) is 12.4 Å². The Labute approximate surface area is 127 Å². The van der Waals surface area contributed by atoms with Crippen LogP contribution in [-0.4, -0.2) is 32.5 Å². The zero-order chi connectivity index (χ0) is 16.0. The van der Waals surface area contributed by atoms with Crippen LogP contribution < -0.4 is 0 Å². The lowest BCUT2D eigenvalue weighted by Gasteiger charge is -2.05. The number of rotatable bonds is 7. The van der Waals surface area contributed by atoms with Gasteiger partial charge >= 0.3 is 5.97 Å². The Morgan fingerprint density at radius 3 is 2.52 bits per heavy atom. The van der Waals surface area contributed by atoms with Crippen LogP contribution in [0.3, 0.4) is 0 Å². The number of hydrogen-bond acceptors (Lipinski definition) is 5. The maximum Gasteiger partial charge on any atom is 0.306 e. The van der Waals surface area contributed by atoms with E-state index in [1.807, 2.05) is 0 Å². The number of ketones is 1. The molecule has 0 N–H and O–H groups in total. The summed E-state index contributed by atoms with van der Waals surface area (Å²) in [6, 6.07) is 2.90. The summed E-state index contributed by atoms with van der Waals surface area (Å²) in [5, 5.41) is -0.338. The van der Waals surface area contributed by atoms with Gasteiger partial charge in [-0.15, -0.1) is 0 Å². The molecule has 0 unspecified atom stereocenters. The van der Waals surface area contributed by atoms with Crippen LogP contribution in [0, 0.1) is 5.82 Å². The van der Waals surface area contributed by atoms with E-state index in [4.69, 9.17) is 11.6 Å². The highest BCUT2D eigenvalue weighted by atomic mass is 35.5. The van der Waals surface area contributed by atoms with Crippen LogP contribution in [-0.2, 0) is 24.2 Å². The third-order valence-corrected chi connectivity index (χ3v) is 4.48. The summed E-state index contributed by atoms with van der Waals surface area (Å²) < 4.78 is 41.5. The van der Waals surface area contributed by atoms with Crippen molar-refractivity contribution in [2.24, 2.45) is 0 Å². The molecule has 0 aliphatic carbocycles. The highest BCUT2D eigenvalue weighted by Gasteiger charge is 2.21. The van der Waals surface area contributed by atoms with Gasteiger partial charge < -0.3 is 4.74 Å². The van der Waals surface area contributed by atoms with Crippen molar-refractivity contribution in [1.82, 2.24) is 0 Å². The summed E-state index contributed by atoms with van der Waals surface area (Å²) in [5.74, 6) is -2.70. The quantitative estimate of drug-likeness (QED) is 0.563. The van der Waals surface area contributed by atoms with E-state index in [0.717, 1.165) is 18.2 Å². The Morgan fingerprint density at radius 2 is 1.95 bits per heavy atom. The first-order chi connectivity index (χ1) is 9.76. The lowest BCUT2D eigenvalue weighted by molar-refractivity contribution is -0.144. The van der Waals surface area contributed by atoms with Crippen molar-refractivity contribution in [3.8, 4) is 0 Å². The molecule has 21 heavy (non-hydrogen) atoms. The molecule has 0 radical (unpaired) electrons. The van der Waals surface area contributed by atoms with Gasteiger partial charge in [-0.25, -0.2) is 12.8 Å². The normalized spacial score (nSPS) is 11.2. The molecule has 1 aromatic rings. The van der Waals surface area contributed by atoms with Crippen LogP contribution >= 0.6 is 11.6 Å². The van der Waals surface area contributed by atoms with Gasteiger partial charge in [0.2, 0.25) is 0 Å². The van der Waals surface area contributed by atoms with Gasteiger partial charge in [0.15, 0.2) is 9.84 Å². The fourth-order valence-electron chi connectivity index (χ4n) is 1.51. The van der Waals surface area contributed by atoms with Gasteiger partial charge in [0.25, 0.3) is 0 Å². The Morgan fingerprint density at radius 1 is 1.29 bits per heavy atom. The molecule has 0 amide bonds. The first kappa shape index (κ1) is 17.6. The van der Waals surface area contributed by atoms with E-state index < -0.39 is 33.2 Å². The summed E-state index contributed by atoms with van der Waals surface area (Å²) in [4.78, 5) is 22.4. The molecule has 0 saturated carbocycles. The van der Waals surface area contributed by atoms with Gasteiger partial charge in [-0.1, -0.05) is 11.6 Å². The molecule has 0 spiro atoms. The topological polar surface area (TPSA) is 77.5 Å². The highest BCUT2D eigenvalue weighted by molar-refractivity contribution is 7.92. The lowest BCUT2D eigenvalue weighted by atomic mass is 10.2. The number of sulfone groups is 1. The lowest BCUT2D eigenvalue weighted by Crippen LogP contribution is -2.17. The molecule has 0 fully saturated rings. The van der Waals surface area contributed by atoms with Gasteiger partial charge in [0, 0.05) is 6.42 Å². The Kier molecular flexibility index (Phi) is 6.29. The minimum atomic E-state index is -3.91. The van der Waals surface area contributed by atoms with E-state index in [1.54, 1.807) is 6.92 Å². The zero-order valence-electron chi connectivity index (χ0n) is 11.3. The fourth-order valence-corrected chi connectivity index (χ4v) is 3.07. The third-order valence-electron chi connectivity index (χ3n) is 2.51. The second-order valence-electron chi connectivity index (χ2n) is 4.18. The predicted octanol–water partition coefficient (Wildman–Crippen LogP) is 2.17. The molecule has 5 nitrogen and oxygen atoms in total. The molecular formula is C13H14ClFO5S. The van der Waals surface area contributed by atoms with E-state index in [-0.39, 0.29) is 29.4 Å². The van der Waals surface area contributed by atoms with Crippen molar-refractivity contribution in [1.29, 1.82) is 0 Å². The highest BCUT2D eigenvalue weighted by Crippen LogP contribution is 2.20. The summed E-state index contributed by atoms with van der Waals surface area (Å²) in [5.41, 5.74) is 0. The maximum absolute atomic E-state index is 13.0. The molecule has 0 saturated heterocycles. The monoisotopic (exact) mass is 336 g/mol. The molecule has 0 bridgehead atoms. The van der Waals surface area contributed by atoms with Crippen molar-refractivity contribution >= 4 is 33.2 Å². The maximum atomic E-state index is 13.0. The van der Waals surface area contributed by atoms with Gasteiger partial charge in [0.05, 0.1) is 22.9 Å². The molecule has 1 rings (SSSR count). The fraction of sp³-hybridized carbons (Fsp3) is 0.385. The average molecular weight is 337 g/mol. The Balaban J connectivity index is 2.69. The molecule has 0 atom stereocenters. The number of benzene rings is 1. The largest absolute Gasteiger partial charge is 0.466 e. The Hall–Kier alpha value is -1.47. The molecule has 116 valence electrons. The first-order valence-corrected chi connectivity index (χ1v) is 8.14. The number of carbonyl (C=O) groups is 2. The van der Waals surface area contributed by atoms with E-state index in [2.05, 4.69) is 4.74 Å². The van der Waals surface area contributed by atoms with E-state index >= 15 is 0 Å². The number of Topliss-reactive ketones (excluding diaryl/α,β-unsaturated/α-hetero) is 1. The molecule has 0 aromatic heterocycles. The van der Waals surface area contributed by atoms with E-state index in [1.165, 1.54) is 0 Å². The van der Waals surface area contributed by atoms with Crippen LogP contribution in [0.2, 0.25) is 5.02 Å². The standard InChI is InChI=1S/C13H14ClFO5S/c1-2-20-13(17)6-3-9(16)8-21(18,19)10-4-5-12(15)11(14)7-10/h4-5,7H,2-3,6,8H2,1H3. The molecule has 0 aliphatic heterocycles. The van der Waals surface area contributed by atoms with Crippen LogP contribution in [0.1, 0.15) is 19.8 Å². The SMILES string of the molecule is CCOC(=O)CCC(=O)CS(=O)(=O)c1ccc(F)c(Cl)c1. The number of carbonyl (C=O) groups excluding carboxylic acids is 2. The van der Waals surface area contributed by atoms with Gasteiger partial charge in [-0.2, -0.15) is 0 Å². The minimum Gasteiger partial charge on any atom is -0.466 e.